The molecule has 2 rings (SSSR count). The molecule has 1 aliphatic heterocycles. The first kappa shape index (κ1) is 12.2. The van der Waals surface area contributed by atoms with Gasteiger partial charge in [0, 0.05) is 0 Å². The number of phenolic OH excluding ortho intramolecular Hbond substituents is 1. The van der Waals surface area contributed by atoms with Gasteiger partial charge in [-0.2, -0.15) is 0 Å². The number of benzene rings is 1. The average molecular weight is 235 g/mol. The van der Waals surface area contributed by atoms with Gasteiger partial charge in [-0.3, -0.25) is 0 Å². The Labute approximate surface area is 103 Å². The van der Waals surface area contributed by atoms with Crippen LogP contribution in [0.3, 0.4) is 0 Å². The van der Waals surface area contributed by atoms with E-state index in [1.807, 2.05) is 6.07 Å². The first-order valence-electron chi connectivity index (χ1n) is 6.48. The van der Waals surface area contributed by atoms with E-state index < -0.39 is 0 Å². The molecule has 1 atom stereocenters. The van der Waals surface area contributed by atoms with Crippen molar-refractivity contribution in [1.82, 2.24) is 5.32 Å². The second-order valence-corrected chi connectivity index (χ2v) is 4.67. The zero-order chi connectivity index (χ0) is 11.9. The van der Waals surface area contributed by atoms with Gasteiger partial charge in [0.2, 0.25) is 0 Å². The first-order valence-corrected chi connectivity index (χ1v) is 6.48. The molecule has 2 N–H and O–H groups in total. The Morgan fingerprint density at radius 3 is 3.00 bits per heavy atom. The van der Waals surface area contributed by atoms with E-state index in [0.29, 0.717) is 12.4 Å². The number of para-hydroxylation sites is 2. The summed E-state index contributed by atoms with van der Waals surface area (Å²) in [7, 11) is 0. The van der Waals surface area contributed by atoms with Crippen molar-refractivity contribution in [3.05, 3.63) is 24.3 Å². The summed E-state index contributed by atoms with van der Waals surface area (Å²) in [5, 5.41) is 12.9. The summed E-state index contributed by atoms with van der Waals surface area (Å²) in [4.78, 5) is 0. The third kappa shape index (κ3) is 3.93. The van der Waals surface area contributed by atoms with Crippen LogP contribution in [0.15, 0.2) is 24.3 Å². The summed E-state index contributed by atoms with van der Waals surface area (Å²) >= 11 is 0. The van der Waals surface area contributed by atoms with Gasteiger partial charge in [-0.15, -0.1) is 0 Å². The van der Waals surface area contributed by atoms with Crippen LogP contribution in [0, 0.1) is 5.92 Å². The van der Waals surface area contributed by atoms with Crippen LogP contribution in [0.5, 0.6) is 11.5 Å². The number of rotatable bonds is 5. The van der Waals surface area contributed by atoms with Gasteiger partial charge >= 0.3 is 0 Å². The number of ether oxygens (including phenoxy) is 1. The topological polar surface area (TPSA) is 41.5 Å². The van der Waals surface area contributed by atoms with E-state index in [1.165, 1.54) is 25.8 Å². The minimum atomic E-state index is 0.229. The largest absolute Gasteiger partial charge is 0.504 e. The molecule has 0 radical (unpaired) electrons. The normalized spacial score (nSPS) is 20.1. The second-order valence-electron chi connectivity index (χ2n) is 4.67. The fourth-order valence-electron chi connectivity index (χ4n) is 2.30. The maximum atomic E-state index is 9.52. The van der Waals surface area contributed by atoms with Crippen molar-refractivity contribution < 1.29 is 9.84 Å². The van der Waals surface area contributed by atoms with Crippen LogP contribution in [-0.4, -0.2) is 24.8 Å². The Kier molecular flexibility index (Phi) is 4.68. The predicted octanol–water partition coefficient (Wildman–Crippen LogP) is 2.55. The van der Waals surface area contributed by atoms with Crippen molar-refractivity contribution in [2.45, 2.75) is 25.7 Å². The van der Waals surface area contributed by atoms with E-state index in [4.69, 9.17) is 4.74 Å². The molecule has 0 spiro atoms. The number of piperidine rings is 1. The van der Waals surface area contributed by atoms with Crippen LogP contribution < -0.4 is 10.1 Å². The van der Waals surface area contributed by atoms with Crippen LogP contribution in [-0.2, 0) is 0 Å². The minimum Gasteiger partial charge on any atom is -0.504 e. The van der Waals surface area contributed by atoms with Crippen molar-refractivity contribution in [2.75, 3.05) is 19.7 Å². The average Bonchev–Trinajstić information content (AvgIpc) is 2.38. The number of phenols is 1. The molecule has 3 heteroatoms. The Balaban J connectivity index is 1.64. The minimum absolute atomic E-state index is 0.229. The maximum Gasteiger partial charge on any atom is 0.160 e. The monoisotopic (exact) mass is 235 g/mol. The van der Waals surface area contributed by atoms with Gasteiger partial charge in [0.25, 0.3) is 0 Å². The molecule has 0 saturated carbocycles. The molecule has 1 fully saturated rings. The molecular formula is C14H21NO2. The van der Waals surface area contributed by atoms with Gasteiger partial charge in [0.05, 0.1) is 6.61 Å². The Bertz CT molecular complexity index is 335. The SMILES string of the molecule is Oc1ccccc1OCCCC1CCCNC1. The third-order valence-electron chi connectivity index (χ3n) is 3.28. The Morgan fingerprint density at radius 1 is 1.35 bits per heavy atom. The lowest BCUT2D eigenvalue weighted by molar-refractivity contribution is 0.266. The van der Waals surface area contributed by atoms with Crippen LogP contribution >= 0.6 is 0 Å². The third-order valence-corrected chi connectivity index (χ3v) is 3.28. The quantitative estimate of drug-likeness (QED) is 0.771. The van der Waals surface area contributed by atoms with Crippen LogP contribution in [0.25, 0.3) is 0 Å². The lowest BCUT2D eigenvalue weighted by atomic mass is 9.95. The van der Waals surface area contributed by atoms with Gasteiger partial charge < -0.3 is 15.2 Å². The highest BCUT2D eigenvalue weighted by Crippen LogP contribution is 2.24. The molecule has 1 unspecified atom stereocenters. The first-order chi connectivity index (χ1) is 8.36. The molecule has 0 aliphatic carbocycles. The lowest BCUT2D eigenvalue weighted by Gasteiger charge is -2.22. The molecule has 3 nitrogen and oxygen atoms in total. The van der Waals surface area contributed by atoms with Crippen LogP contribution in [0.1, 0.15) is 25.7 Å². The van der Waals surface area contributed by atoms with E-state index in [9.17, 15) is 5.11 Å². The standard InChI is InChI=1S/C14H21NO2/c16-13-7-1-2-8-14(13)17-10-4-6-12-5-3-9-15-11-12/h1-2,7-8,12,15-16H,3-6,9-11H2. The Morgan fingerprint density at radius 2 is 2.24 bits per heavy atom. The molecule has 1 aromatic carbocycles. The highest BCUT2D eigenvalue weighted by atomic mass is 16.5. The molecule has 17 heavy (non-hydrogen) atoms. The Hall–Kier alpha value is -1.22. The van der Waals surface area contributed by atoms with Crippen molar-refractivity contribution in [3.63, 3.8) is 0 Å². The van der Waals surface area contributed by atoms with E-state index in [1.54, 1.807) is 18.2 Å². The van der Waals surface area contributed by atoms with E-state index in [2.05, 4.69) is 5.32 Å². The van der Waals surface area contributed by atoms with Gasteiger partial charge in [0.1, 0.15) is 0 Å². The number of hydrogen-bond donors (Lipinski definition) is 2. The molecular weight excluding hydrogens is 214 g/mol. The molecule has 1 heterocycles. The number of nitrogens with one attached hydrogen (secondary N) is 1. The molecule has 0 amide bonds. The van der Waals surface area contributed by atoms with E-state index in [0.717, 1.165) is 18.9 Å². The fourth-order valence-corrected chi connectivity index (χ4v) is 2.30. The molecule has 1 aromatic rings. The summed E-state index contributed by atoms with van der Waals surface area (Å²) in [5.74, 6) is 1.62. The zero-order valence-electron chi connectivity index (χ0n) is 10.2. The smallest absolute Gasteiger partial charge is 0.160 e. The number of aromatic hydroxyl groups is 1. The number of hydrogen-bond acceptors (Lipinski definition) is 3. The molecule has 94 valence electrons. The van der Waals surface area contributed by atoms with Gasteiger partial charge in [-0.25, -0.2) is 0 Å². The van der Waals surface area contributed by atoms with Crippen LogP contribution in [0.4, 0.5) is 0 Å². The summed E-state index contributed by atoms with van der Waals surface area (Å²) < 4.78 is 5.56. The highest BCUT2D eigenvalue weighted by molar-refractivity contribution is 5.37. The van der Waals surface area contributed by atoms with Crippen molar-refractivity contribution in [3.8, 4) is 11.5 Å². The highest BCUT2D eigenvalue weighted by Gasteiger charge is 2.12. The second kappa shape index (κ2) is 6.50. The fraction of sp³-hybridized carbons (Fsp3) is 0.571. The summed E-state index contributed by atoms with van der Waals surface area (Å²) in [6, 6.07) is 7.13. The van der Waals surface area contributed by atoms with Gasteiger partial charge in [-0.05, 0) is 56.8 Å². The zero-order valence-corrected chi connectivity index (χ0v) is 10.2. The predicted molar refractivity (Wildman–Crippen MR) is 68.4 cm³/mol. The van der Waals surface area contributed by atoms with E-state index >= 15 is 0 Å². The van der Waals surface area contributed by atoms with Gasteiger partial charge in [0.15, 0.2) is 11.5 Å². The van der Waals surface area contributed by atoms with Crippen LogP contribution in [0.2, 0.25) is 0 Å². The molecule has 0 bridgehead atoms. The molecule has 1 saturated heterocycles. The van der Waals surface area contributed by atoms with Crippen molar-refractivity contribution in [2.24, 2.45) is 5.92 Å². The lowest BCUT2D eigenvalue weighted by Crippen LogP contribution is -2.29. The van der Waals surface area contributed by atoms with Crippen molar-refractivity contribution >= 4 is 0 Å². The van der Waals surface area contributed by atoms with Gasteiger partial charge in [-0.1, -0.05) is 12.1 Å². The van der Waals surface area contributed by atoms with E-state index in [-0.39, 0.29) is 5.75 Å². The summed E-state index contributed by atoms with van der Waals surface area (Å²) in [6.45, 7) is 3.01. The molecule has 1 aliphatic rings. The summed E-state index contributed by atoms with van der Waals surface area (Å²) in [5.41, 5.74) is 0. The maximum absolute atomic E-state index is 9.52. The van der Waals surface area contributed by atoms with Crippen molar-refractivity contribution in [1.29, 1.82) is 0 Å². The molecule has 0 aromatic heterocycles. The summed E-state index contributed by atoms with van der Waals surface area (Å²) in [6.07, 6.45) is 4.90.